The van der Waals surface area contributed by atoms with E-state index in [1.54, 1.807) is 11.8 Å². The lowest BCUT2D eigenvalue weighted by Crippen LogP contribution is -2.43. The number of hydrogen-bond donors (Lipinski definition) is 0. The van der Waals surface area contributed by atoms with Gasteiger partial charge in [0.25, 0.3) is 0 Å². The van der Waals surface area contributed by atoms with E-state index in [9.17, 15) is 4.39 Å². The fourth-order valence-electron chi connectivity index (χ4n) is 1.22. The maximum Gasteiger partial charge on any atom is 0.161 e. The van der Waals surface area contributed by atoms with Crippen LogP contribution in [0.3, 0.4) is 0 Å². The van der Waals surface area contributed by atoms with Crippen LogP contribution in [-0.4, -0.2) is 24.3 Å². The van der Waals surface area contributed by atoms with Gasteiger partial charge in [0.05, 0.1) is 0 Å². The molecule has 1 aliphatic rings. The second-order valence-corrected chi connectivity index (χ2v) is 3.02. The van der Waals surface area contributed by atoms with E-state index in [-0.39, 0.29) is 0 Å². The SMILES string of the molecule is CN1CCCCC1(C)F. The third-order valence-electron chi connectivity index (χ3n) is 2.17. The van der Waals surface area contributed by atoms with Gasteiger partial charge in [-0.2, -0.15) is 0 Å². The maximum atomic E-state index is 13.2. The Morgan fingerprint density at radius 3 is 2.44 bits per heavy atom. The second kappa shape index (κ2) is 2.25. The summed E-state index contributed by atoms with van der Waals surface area (Å²) in [5.41, 5.74) is 0. The van der Waals surface area contributed by atoms with Gasteiger partial charge >= 0.3 is 0 Å². The Morgan fingerprint density at radius 1 is 1.44 bits per heavy atom. The van der Waals surface area contributed by atoms with Gasteiger partial charge in [-0.15, -0.1) is 0 Å². The molecule has 1 saturated heterocycles. The van der Waals surface area contributed by atoms with Crippen molar-refractivity contribution in [2.24, 2.45) is 0 Å². The van der Waals surface area contributed by atoms with Gasteiger partial charge in [0.1, 0.15) is 0 Å². The zero-order chi connectivity index (χ0) is 6.91. The molecule has 0 aromatic heterocycles. The molecular weight excluding hydrogens is 117 g/mol. The molecule has 0 N–H and O–H groups in total. The van der Waals surface area contributed by atoms with Crippen molar-refractivity contribution in [3.63, 3.8) is 0 Å². The van der Waals surface area contributed by atoms with Crippen molar-refractivity contribution in [2.45, 2.75) is 32.0 Å². The van der Waals surface area contributed by atoms with Crippen molar-refractivity contribution in [3.05, 3.63) is 0 Å². The van der Waals surface area contributed by atoms with Crippen LogP contribution in [0.1, 0.15) is 26.2 Å². The third kappa shape index (κ3) is 1.42. The molecule has 1 nitrogen and oxygen atoms in total. The first-order chi connectivity index (χ1) is 4.13. The minimum atomic E-state index is -1.03. The summed E-state index contributed by atoms with van der Waals surface area (Å²) in [4.78, 5) is 1.79. The van der Waals surface area contributed by atoms with Crippen LogP contribution in [0.15, 0.2) is 0 Å². The van der Waals surface area contributed by atoms with Gasteiger partial charge in [-0.25, -0.2) is 4.39 Å². The molecule has 2 heteroatoms. The maximum absolute atomic E-state index is 13.2. The first-order valence-corrected chi connectivity index (χ1v) is 3.53. The molecule has 1 unspecified atom stereocenters. The number of halogens is 1. The topological polar surface area (TPSA) is 3.24 Å². The number of piperidine rings is 1. The summed E-state index contributed by atoms with van der Waals surface area (Å²) in [6.45, 7) is 2.57. The molecule has 0 spiro atoms. The summed E-state index contributed by atoms with van der Waals surface area (Å²) in [6.07, 6.45) is 2.89. The molecule has 0 radical (unpaired) electrons. The normalized spacial score (nSPS) is 39.0. The van der Waals surface area contributed by atoms with E-state index in [2.05, 4.69) is 0 Å². The molecule has 0 aromatic rings. The molecule has 1 atom stereocenters. The zero-order valence-corrected chi connectivity index (χ0v) is 6.15. The number of hydrogen-bond acceptors (Lipinski definition) is 1. The summed E-state index contributed by atoms with van der Waals surface area (Å²) < 4.78 is 13.2. The first kappa shape index (κ1) is 7.00. The Hall–Kier alpha value is -0.110. The van der Waals surface area contributed by atoms with Crippen LogP contribution in [0.4, 0.5) is 4.39 Å². The highest BCUT2D eigenvalue weighted by molar-refractivity contribution is 4.76. The largest absolute Gasteiger partial charge is 0.275 e. The fraction of sp³-hybridized carbons (Fsp3) is 1.00. The van der Waals surface area contributed by atoms with E-state index in [1.807, 2.05) is 7.05 Å². The van der Waals surface area contributed by atoms with Crippen LogP contribution in [0.25, 0.3) is 0 Å². The van der Waals surface area contributed by atoms with Crippen molar-refractivity contribution in [2.75, 3.05) is 13.6 Å². The fourth-order valence-corrected chi connectivity index (χ4v) is 1.22. The smallest absolute Gasteiger partial charge is 0.161 e. The van der Waals surface area contributed by atoms with Gasteiger partial charge in [-0.05, 0) is 33.2 Å². The zero-order valence-electron chi connectivity index (χ0n) is 6.15. The summed E-state index contributed by atoms with van der Waals surface area (Å²) in [6, 6.07) is 0. The van der Waals surface area contributed by atoms with Crippen molar-refractivity contribution >= 4 is 0 Å². The van der Waals surface area contributed by atoms with E-state index in [0.717, 1.165) is 19.4 Å². The van der Waals surface area contributed by atoms with Crippen LogP contribution in [0.2, 0.25) is 0 Å². The predicted molar refractivity (Wildman–Crippen MR) is 36.0 cm³/mol. The average molecular weight is 131 g/mol. The van der Waals surface area contributed by atoms with Gasteiger partial charge in [-0.3, -0.25) is 4.90 Å². The second-order valence-electron chi connectivity index (χ2n) is 3.02. The van der Waals surface area contributed by atoms with E-state index >= 15 is 0 Å². The van der Waals surface area contributed by atoms with Crippen LogP contribution in [0, 0.1) is 0 Å². The minimum absolute atomic E-state index is 0.698. The lowest BCUT2D eigenvalue weighted by molar-refractivity contribution is -0.0298. The molecule has 0 amide bonds. The third-order valence-corrected chi connectivity index (χ3v) is 2.17. The van der Waals surface area contributed by atoms with Gasteiger partial charge in [0.2, 0.25) is 0 Å². The van der Waals surface area contributed by atoms with Crippen LogP contribution >= 0.6 is 0 Å². The molecule has 0 aromatic carbocycles. The molecule has 1 aliphatic heterocycles. The number of likely N-dealkylation sites (tertiary alicyclic amines) is 1. The van der Waals surface area contributed by atoms with Gasteiger partial charge in [-0.1, -0.05) is 0 Å². The van der Waals surface area contributed by atoms with E-state index < -0.39 is 5.79 Å². The van der Waals surface area contributed by atoms with Crippen LogP contribution in [-0.2, 0) is 0 Å². The predicted octanol–water partition coefficient (Wildman–Crippen LogP) is 1.79. The van der Waals surface area contributed by atoms with Crippen molar-refractivity contribution in [1.29, 1.82) is 0 Å². The summed E-state index contributed by atoms with van der Waals surface area (Å²) in [7, 11) is 1.85. The Morgan fingerprint density at radius 2 is 2.11 bits per heavy atom. The molecule has 0 saturated carbocycles. The Kier molecular flexibility index (Phi) is 1.75. The van der Waals surface area contributed by atoms with Crippen molar-refractivity contribution in [3.8, 4) is 0 Å². The van der Waals surface area contributed by atoms with Gasteiger partial charge in [0.15, 0.2) is 5.79 Å². The van der Waals surface area contributed by atoms with Gasteiger partial charge < -0.3 is 0 Å². The Labute approximate surface area is 55.8 Å². The van der Waals surface area contributed by atoms with Crippen molar-refractivity contribution < 1.29 is 4.39 Å². The molecule has 1 heterocycles. The molecule has 1 fully saturated rings. The van der Waals surface area contributed by atoms with Gasteiger partial charge in [0, 0.05) is 6.54 Å². The Balaban J connectivity index is 2.49. The van der Waals surface area contributed by atoms with Crippen LogP contribution < -0.4 is 0 Å². The highest BCUT2D eigenvalue weighted by atomic mass is 19.1. The van der Waals surface area contributed by atoms with E-state index in [0.29, 0.717) is 6.42 Å². The molecule has 0 aliphatic carbocycles. The molecular formula is C7H14FN. The molecule has 54 valence electrons. The Bertz CT molecular complexity index is 101. The van der Waals surface area contributed by atoms with Crippen LogP contribution in [0.5, 0.6) is 0 Å². The molecule has 0 bridgehead atoms. The highest BCUT2D eigenvalue weighted by Crippen LogP contribution is 2.26. The monoisotopic (exact) mass is 131 g/mol. The lowest BCUT2D eigenvalue weighted by Gasteiger charge is -2.35. The lowest BCUT2D eigenvalue weighted by atomic mass is 10.0. The quantitative estimate of drug-likeness (QED) is 0.453. The summed E-state index contributed by atoms with van der Waals surface area (Å²) >= 11 is 0. The minimum Gasteiger partial charge on any atom is -0.275 e. The summed E-state index contributed by atoms with van der Waals surface area (Å²) in [5, 5.41) is 0. The van der Waals surface area contributed by atoms with Crippen molar-refractivity contribution in [1.82, 2.24) is 4.90 Å². The standard InChI is InChI=1S/C7H14FN/c1-7(8)5-3-4-6-9(7)2/h3-6H2,1-2H3. The molecule has 9 heavy (non-hydrogen) atoms. The number of nitrogens with zero attached hydrogens (tertiary/aromatic N) is 1. The summed E-state index contributed by atoms with van der Waals surface area (Å²) in [5.74, 6) is -1.03. The average Bonchev–Trinajstić information content (AvgIpc) is 1.77. The highest BCUT2D eigenvalue weighted by Gasteiger charge is 2.30. The molecule has 1 rings (SSSR count). The number of rotatable bonds is 0. The van der Waals surface area contributed by atoms with E-state index in [4.69, 9.17) is 0 Å². The first-order valence-electron chi connectivity index (χ1n) is 3.53. The van der Waals surface area contributed by atoms with E-state index in [1.165, 1.54) is 0 Å². The number of alkyl halides is 1.